The van der Waals surface area contributed by atoms with E-state index in [1.165, 1.54) is 24.9 Å². The molecule has 1 aromatic carbocycles. The highest BCUT2D eigenvalue weighted by Crippen LogP contribution is 2.41. The van der Waals surface area contributed by atoms with Gasteiger partial charge in [-0.15, -0.1) is 0 Å². The van der Waals surface area contributed by atoms with E-state index < -0.39 is 0 Å². The topological polar surface area (TPSA) is 3.24 Å². The molecule has 1 aliphatic heterocycles. The van der Waals surface area contributed by atoms with E-state index in [1.54, 1.807) is 0 Å². The summed E-state index contributed by atoms with van der Waals surface area (Å²) in [6.45, 7) is 2.44. The maximum atomic E-state index is 3.81. The fourth-order valence-electron chi connectivity index (χ4n) is 3.05. The molecule has 0 radical (unpaired) electrons. The second-order valence-corrected chi connectivity index (χ2v) is 6.01. The number of likely N-dealkylation sites (tertiary alicyclic amines) is 1. The van der Waals surface area contributed by atoms with Crippen molar-refractivity contribution in [3.63, 3.8) is 0 Å². The number of benzene rings is 1. The maximum absolute atomic E-state index is 3.81. The number of nitrogens with zero attached hydrogens (tertiary/aromatic N) is 1. The molecule has 1 aliphatic carbocycles. The van der Waals surface area contributed by atoms with Crippen LogP contribution in [0.4, 0.5) is 0 Å². The molecule has 0 aromatic heterocycles. The Morgan fingerprint density at radius 3 is 2.67 bits per heavy atom. The van der Waals surface area contributed by atoms with E-state index >= 15 is 0 Å². The molecule has 1 nitrogen and oxygen atoms in total. The molecule has 3 rings (SSSR count). The number of fused-ring (bicyclic) bond motifs is 2. The van der Waals surface area contributed by atoms with Crippen molar-refractivity contribution >= 4 is 15.9 Å². The van der Waals surface area contributed by atoms with E-state index in [4.69, 9.17) is 0 Å². The first-order valence-corrected chi connectivity index (χ1v) is 6.66. The Bertz CT molecular complexity index is 338. The Kier molecular flexibility index (Phi) is 2.57. The van der Waals surface area contributed by atoms with Crippen molar-refractivity contribution in [1.82, 2.24) is 4.90 Å². The number of hydrogen-bond donors (Lipinski definition) is 0. The minimum Gasteiger partial charge on any atom is -0.295 e. The highest BCUT2D eigenvalue weighted by atomic mass is 79.9. The summed E-state index contributed by atoms with van der Waals surface area (Å²) in [5, 5.41) is 0. The van der Waals surface area contributed by atoms with Crippen LogP contribution in [-0.4, -0.2) is 22.3 Å². The summed E-state index contributed by atoms with van der Waals surface area (Å²) >= 11 is 3.81. The van der Waals surface area contributed by atoms with Crippen LogP contribution in [-0.2, 0) is 6.54 Å². The quantitative estimate of drug-likeness (QED) is 0.744. The largest absolute Gasteiger partial charge is 0.295 e. The Hall–Kier alpha value is -0.340. The molecule has 3 atom stereocenters. The second-order valence-electron chi connectivity index (χ2n) is 4.84. The van der Waals surface area contributed by atoms with Crippen molar-refractivity contribution in [2.45, 2.75) is 30.3 Å². The summed E-state index contributed by atoms with van der Waals surface area (Å²) in [5.41, 5.74) is 1.45. The summed E-state index contributed by atoms with van der Waals surface area (Å²) < 4.78 is 0. The van der Waals surface area contributed by atoms with Gasteiger partial charge in [-0.2, -0.15) is 0 Å². The van der Waals surface area contributed by atoms with Crippen LogP contribution in [0.5, 0.6) is 0 Å². The van der Waals surface area contributed by atoms with E-state index in [2.05, 4.69) is 51.2 Å². The normalized spacial score (nSPS) is 34.9. The SMILES string of the molecule is BrC1CC2CC1N(Cc1ccccc1)C2. The van der Waals surface area contributed by atoms with Crippen LogP contribution in [0.1, 0.15) is 18.4 Å². The molecular formula is C13H16BrN. The zero-order valence-electron chi connectivity index (χ0n) is 8.77. The van der Waals surface area contributed by atoms with Crippen LogP contribution in [0, 0.1) is 5.92 Å². The van der Waals surface area contributed by atoms with Gasteiger partial charge in [-0.3, -0.25) is 4.90 Å². The molecule has 0 amide bonds. The average Bonchev–Trinajstić information content (AvgIpc) is 2.77. The third-order valence-corrected chi connectivity index (χ3v) is 4.73. The maximum Gasteiger partial charge on any atom is 0.0304 e. The van der Waals surface area contributed by atoms with E-state index in [0.717, 1.165) is 23.3 Å². The van der Waals surface area contributed by atoms with Crippen molar-refractivity contribution < 1.29 is 0 Å². The van der Waals surface area contributed by atoms with Gasteiger partial charge in [0.1, 0.15) is 0 Å². The standard InChI is InChI=1S/C13H16BrN/c14-12-6-11-7-13(12)15(9-11)8-10-4-2-1-3-5-10/h1-5,11-13H,6-9H2. The van der Waals surface area contributed by atoms with Crippen LogP contribution in [0.2, 0.25) is 0 Å². The van der Waals surface area contributed by atoms with Gasteiger partial charge in [0, 0.05) is 24.0 Å². The summed E-state index contributed by atoms with van der Waals surface area (Å²) in [7, 11) is 0. The highest BCUT2D eigenvalue weighted by molar-refractivity contribution is 9.09. The number of rotatable bonds is 2. The van der Waals surface area contributed by atoms with Gasteiger partial charge in [0.05, 0.1) is 0 Å². The van der Waals surface area contributed by atoms with Crippen molar-refractivity contribution in [3.8, 4) is 0 Å². The summed E-state index contributed by atoms with van der Waals surface area (Å²) in [5.74, 6) is 0.947. The van der Waals surface area contributed by atoms with Crippen LogP contribution >= 0.6 is 15.9 Å². The number of halogens is 1. The molecule has 0 spiro atoms. The smallest absolute Gasteiger partial charge is 0.0304 e. The average molecular weight is 266 g/mol. The molecule has 0 N–H and O–H groups in total. The van der Waals surface area contributed by atoms with E-state index in [0.29, 0.717) is 0 Å². The number of hydrogen-bond acceptors (Lipinski definition) is 1. The number of alkyl halides is 1. The summed E-state index contributed by atoms with van der Waals surface area (Å²) in [6, 6.07) is 11.6. The van der Waals surface area contributed by atoms with Crippen LogP contribution in [0.3, 0.4) is 0 Å². The van der Waals surface area contributed by atoms with E-state index in [-0.39, 0.29) is 0 Å². The van der Waals surface area contributed by atoms with Gasteiger partial charge < -0.3 is 0 Å². The molecule has 3 unspecified atom stereocenters. The van der Waals surface area contributed by atoms with Gasteiger partial charge in [-0.25, -0.2) is 0 Å². The van der Waals surface area contributed by atoms with Crippen molar-refractivity contribution in [2.75, 3.05) is 6.54 Å². The Morgan fingerprint density at radius 2 is 2.00 bits per heavy atom. The first-order valence-electron chi connectivity index (χ1n) is 5.75. The fraction of sp³-hybridized carbons (Fsp3) is 0.538. The minimum atomic E-state index is 0.736. The highest BCUT2D eigenvalue weighted by Gasteiger charge is 2.43. The lowest BCUT2D eigenvalue weighted by Gasteiger charge is -2.30. The Labute approximate surface area is 99.6 Å². The van der Waals surface area contributed by atoms with E-state index in [9.17, 15) is 0 Å². The van der Waals surface area contributed by atoms with Crippen LogP contribution < -0.4 is 0 Å². The zero-order valence-corrected chi connectivity index (χ0v) is 10.4. The molecule has 15 heavy (non-hydrogen) atoms. The monoisotopic (exact) mass is 265 g/mol. The van der Waals surface area contributed by atoms with Gasteiger partial charge in [0.2, 0.25) is 0 Å². The lowest BCUT2D eigenvalue weighted by molar-refractivity contribution is 0.212. The second kappa shape index (κ2) is 3.91. The Balaban J connectivity index is 1.70. The van der Waals surface area contributed by atoms with Gasteiger partial charge in [-0.05, 0) is 24.3 Å². The molecule has 2 bridgehead atoms. The molecule has 1 heterocycles. The lowest BCUT2D eigenvalue weighted by atomic mass is 10.1. The lowest BCUT2D eigenvalue weighted by Crippen LogP contribution is -2.37. The van der Waals surface area contributed by atoms with E-state index in [1.807, 2.05) is 0 Å². The zero-order chi connectivity index (χ0) is 10.3. The predicted octanol–water partition coefficient (Wildman–Crippen LogP) is 3.04. The molecule has 1 saturated heterocycles. The molecule has 1 aromatic rings. The van der Waals surface area contributed by atoms with Crippen LogP contribution in [0.25, 0.3) is 0 Å². The van der Waals surface area contributed by atoms with Gasteiger partial charge in [0.15, 0.2) is 0 Å². The molecule has 2 aliphatic rings. The van der Waals surface area contributed by atoms with Gasteiger partial charge in [0.25, 0.3) is 0 Å². The van der Waals surface area contributed by atoms with Crippen molar-refractivity contribution in [2.24, 2.45) is 5.92 Å². The van der Waals surface area contributed by atoms with Crippen LogP contribution in [0.15, 0.2) is 30.3 Å². The molecule has 1 saturated carbocycles. The van der Waals surface area contributed by atoms with Crippen molar-refractivity contribution in [1.29, 1.82) is 0 Å². The Morgan fingerprint density at radius 1 is 1.20 bits per heavy atom. The molecule has 80 valence electrons. The van der Waals surface area contributed by atoms with Gasteiger partial charge >= 0.3 is 0 Å². The minimum absolute atomic E-state index is 0.736. The summed E-state index contributed by atoms with van der Waals surface area (Å²) in [4.78, 5) is 3.38. The first-order chi connectivity index (χ1) is 7.33. The predicted molar refractivity (Wildman–Crippen MR) is 66.1 cm³/mol. The fourth-order valence-corrected chi connectivity index (χ4v) is 4.13. The molecule has 2 heteroatoms. The molecule has 2 fully saturated rings. The third kappa shape index (κ3) is 1.85. The molecular weight excluding hydrogens is 250 g/mol. The van der Waals surface area contributed by atoms with Gasteiger partial charge in [-0.1, -0.05) is 46.3 Å². The number of piperidine rings is 1. The first kappa shape index (κ1) is 9.86. The van der Waals surface area contributed by atoms with Crippen molar-refractivity contribution in [3.05, 3.63) is 35.9 Å². The summed E-state index contributed by atoms with van der Waals surface area (Å²) in [6.07, 6.45) is 2.79. The third-order valence-electron chi connectivity index (χ3n) is 3.74.